The van der Waals surface area contributed by atoms with Crippen molar-refractivity contribution in [1.29, 1.82) is 0 Å². The smallest absolute Gasteiger partial charge is 0.260 e. The quantitative estimate of drug-likeness (QED) is 0.512. The van der Waals surface area contributed by atoms with Crippen molar-refractivity contribution in [1.82, 2.24) is 14.8 Å². The first-order valence-electron chi connectivity index (χ1n) is 12.5. The average molecular weight is 493 g/mol. The highest BCUT2D eigenvalue weighted by molar-refractivity contribution is 6.32. The van der Waals surface area contributed by atoms with Gasteiger partial charge in [-0.2, -0.15) is 0 Å². The Morgan fingerprint density at radius 2 is 1.89 bits per heavy atom. The summed E-state index contributed by atoms with van der Waals surface area (Å²) in [7, 11) is 0. The molecule has 0 saturated carbocycles. The van der Waals surface area contributed by atoms with Gasteiger partial charge in [0.05, 0.1) is 5.57 Å². The van der Waals surface area contributed by atoms with Gasteiger partial charge in [0.2, 0.25) is 0 Å². The van der Waals surface area contributed by atoms with Crippen LogP contribution in [0, 0.1) is 5.82 Å². The Labute approximate surface area is 211 Å². The summed E-state index contributed by atoms with van der Waals surface area (Å²) in [5.41, 5.74) is 8.26. The van der Waals surface area contributed by atoms with E-state index in [0.29, 0.717) is 29.1 Å². The normalized spacial score (nSPS) is 21.7. The van der Waals surface area contributed by atoms with Crippen LogP contribution in [-0.4, -0.2) is 78.7 Å². The van der Waals surface area contributed by atoms with Gasteiger partial charge in [0.1, 0.15) is 23.0 Å². The summed E-state index contributed by atoms with van der Waals surface area (Å²) in [4.78, 5) is 22.1. The number of benzene rings is 1. The Bertz CT molecular complexity index is 1200. The van der Waals surface area contributed by atoms with Gasteiger partial charge >= 0.3 is 0 Å². The number of allylic oxidation sites excluding steroid dienone is 1. The number of nitrogens with two attached hydrogens (primary N) is 1. The van der Waals surface area contributed by atoms with Crippen LogP contribution in [0.15, 0.2) is 48.4 Å². The van der Waals surface area contributed by atoms with E-state index in [4.69, 9.17) is 10.5 Å². The number of carbonyl (C=O) groups is 1. The topological polar surface area (TPSA) is 95.8 Å². The molecule has 36 heavy (non-hydrogen) atoms. The maximum atomic E-state index is 13.9. The molecule has 5 rings (SSSR count). The first-order valence-corrected chi connectivity index (χ1v) is 12.5. The van der Waals surface area contributed by atoms with Crippen LogP contribution in [0.1, 0.15) is 25.0 Å². The van der Waals surface area contributed by atoms with Gasteiger partial charge in [0.15, 0.2) is 0 Å². The van der Waals surface area contributed by atoms with Gasteiger partial charge in [0, 0.05) is 80.9 Å². The molecule has 1 aromatic heterocycles. The number of amides is 1. The maximum absolute atomic E-state index is 13.9. The zero-order chi connectivity index (χ0) is 25.3. The maximum Gasteiger partial charge on any atom is 0.260 e. The monoisotopic (exact) mass is 492 g/mol. The van der Waals surface area contributed by atoms with Crippen molar-refractivity contribution in [2.24, 2.45) is 5.73 Å². The highest BCUT2D eigenvalue weighted by Crippen LogP contribution is 2.44. The van der Waals surface area contributed by atoms with Gasteiger partial charge in [0.25, 0.3) is 5.91 Å². The fraction of sp³-hybridized carbons (Fsp3) is 0.407. The van der Waals surface area contributed by atoms with Crippen LogP contribution in [0.25, 0.3) is 11.1 Å². The van der Waals surface area contributed by atoms with Crippen molar-refractivity contribution < 1.29 is 13.9 Å². The van der Waals surface area contributed by atoms with Crippen molar-refractivity contribution in [2.45, 2.75) is 19.4 Å². The van der Waals surface area contributed by atoms with E-state index in [1.54, 1.807) is 6.07 Å². The van der Waals surface area contributed by atoms with Crippen molar-refractivity contribution in [2.75, 3.05) is 63.0 Å². The third-order valence-electron chi connectivity index (χ3n) is 6.98. The van der Waals surface area contributed by atoms with Crippen LogP contribution < -0.4 is 16.4 Å². The second kappa shape index (κ2) is 10.0. The van der Waals surface area contributed by atoms with E-state index in [2.05, 4.69) is 25.4 Å². The molecule has 0 radical (unpaired) electrons. The summed E-state index contributed by atoms with van der Waals surface area (Å²) >= 11 is 0. The van der Waals surface area contributed by atoms with Crippen LogP contribution in [0.3, 0.4) is 0 Å². The molecule has 0 atom stereocenters. The molecule has 1 saturated heterocycles. The molecule has 3 aliphatic heterocycles. The summed E-state index contributed by atoms with van der Waals surface area (Å²) in [5.74, 6) is 0.560. The Kier molecular flexibility index (Phi) is 6.79. The number of hydrogen-bond acceptors (Lipinski definition) is 7. The molecule has 1 fully saturated rings. The molecule has 0 spiro atoms. The molecule has 0 aliphatic carbocycles. The van der Waals surface area contributed by atoms with E-state index in [0.717, 1.165) is 62.8 Å². The largest absolute Gasteiger partial charge is 0.482 e. The average Bonchev–Trinajstić information content (AvgIpc) is 3.35. The summed E-state index contributed by atoms with van der Waals surface area (Å²) in [6.45, 7) is 11.6. The number of piperazine rings is 1. The molecule has 0 bridgehead atoms. The minimum Gasteiger partial charge on any atom is -0.482 e. The Hall–Kier alpha value is -3.27. The summed E-state index contributed by atoms with van der Waals surface area (Å²) in [6.07, 6.45) is 3.68. The first-order chi connectivity index (χ1) is 17.3. The lowest BCUT2D eigenvalue weighted by molar-refractivity contribution is -0.111. The minimum atomic E-state index is -0.665. The molecule has 1 amide bonds. The summed E-state index contributed by atoms with van der Waals surface area (Å²) in [6, 6.07) is 8.23. The van der Waals surface area contributed by atoms with Crippen molar-refractivity contribution >= 4 is 28.6 Å². The van der Waals surface area contributed by atoms with Crippen LogP contribution in [0.4, 0.5) is 15.9 Å². The summed E-state index contributed by atoms with van der Waals surface area (Å²) in [5, 5.41) is 6.20. The SMILES string of the molecule is CC1(C)OC(=C2C(=O)Nc3ccc(F)cc32)C=C1c1ccc(NCCN2CCN(CCN)CC2)nc1. The molecule has 4 heterocycles. The molecule has 4 N–H and O–H groups in total. The molecule has 190 valence electrons. The number of halogens is 1. The molecule has 2 aromatic rings. The molecule has 0 unspecified atom stereocenters. The van der Waals surface area contributed by atoms with Crippen LogP contribution in [0.2, 0.25) is 0 Å². The standard InChI is InChI=1S/C27H33FN6O2/c1-27(2)21(16-23(36-27)25-20-15-19(28)4-5-22(20)32-26(25)35)18-3-6-24(31-17-18)30-8-10-34-13-11-33(9-7-29)12-14-34/h3-6,15-17H,7-14,29H2,1-2H3,(H,30,31)(H,32,35). The van der Waals surface area contributed by atoms with Gasteiger partial charge in [-0.1, -0.05) is 0 Å². The van der Waals surface area contributed by atoms with E-state index in [-0.39, 0.29) is 5.91 Å². The zero-order valence-electron chi connectivity index (χ0n) is 20.8. The number of fused-ring (bicyclic) bond motifs is 1. The Morgan fingerprint density at radius 3 is 2.58 bits per heavy atom. The molecule has 1 aromatic carbocycles. The number of rotatable bonds is 7. The van der Waals surface area contributed by atoms with Crippen LogP contribution in [-0.2, 0) is 9.53 Å². The fourth-order valence-corrected chi connectivity index (χ4v) is 5.02. The van der Waals surface area contributed by atoms with Crippen molar-refractivity contribution in [3.63, 3.8) is 0 Å². The zero-order valence-corrected chi connectivity index (χ0v) is 20.8. The van der Waals surface area contributed by atoms with E-state index in [1.807, 2.05) is 38.3 Å². The second-order valence-electron chi connectivity index (χ2n) is 9.88. The van der Waals surface area contributed by atoms with Gasteiger partial charge in [-0.3, -0.25) is 14.6 Å². The second-order valence-corrected chi connectivity index (χ2v) is 9.88. The molecule has 8 nitrogen and oxygen atoms in total. The predicted molar refractivity (Wildman–Crippen MR) is 140 cm³/mol. The lowest BCUT2D eigenvalue weighted by atomic mass is 9.93. The number of nitrogens with zero attached hydrogens (tertiary/aromatic N) is 3. The number of nitrogens with one attached hydrogen (secondary N) is 2. The van der Waals surface area contributed by atoms with Crippen molar-refractivity contribution in [3.8, 4) is 0 Å². The number of hydrogen-bond donors (Lipinski definition) is 3. The van der Waals surface area contributed by atoms with E-state index in [9.17, 15) is 9.18 Å². The van der Waals surface area contributed by atoms with Gasteiger partial charge in [-0.15, -0.1) is 0 Å². The van der Waals surface area contributed by atoms with Gasteiger partial charge in [-0.05, 0) is 50.3 Å². The van der Waals surface area contributed by atoms with E-state index in [1.165, 1.54) is 12.1 Å². The molecular formula is C27H33FN6O2. The number of anilines is 2. The summed E-state index contributed by atoms with van der Waals surface area (Å²) < 4.78 is 20.1. The lowest BCUT2D eigenvalue weighted by Gasteiger charge is -2.34. The third-order valence-corrected chi connectivity index (χ3v) is 6.98. The predicted octanol–water partition coefficient (Wildman–Crippen LogP) is 2.76. The number of aromatic nitrogens is 1. The molecular weight excluding hydrogens is 459 g/mol. The molecule has 9 heteroatoms. The number of ether oxygens (including phenoxy) is 1. The van der Waals surface area contributed by atoms with E-state index >= 15 is 0 Å². The number of carbonyl (C=O) groups excluding carboxylic acids is 1. The van der Waals surface area contributed by atoms with Crippen molar-refractivity contribution in [3.05, 3.63) is 65.3 Å². The number of pyridine rings is 1. The Morgan fingerprint density at radius 1 is 1.14 bits per heavy atom. The highest BCUT2D eigenvalue weighted by atomic mass is 19.1. The minimum absolute atomic E-state index is 0.294. The van der Waals surface area contributed by atoms with Gasteiger partial charge in [-0.25, -0.2) is 9.37 Å². The fourth-order valence-electron chi connectivity index (χ4n) is 5.02. The first kappa shape index (κ1) is 24.4. The molecule has 3 aliphatic rings. The third kappa shape index (κ3) is 5.00. The van der Waals surface area contributed by atoms with Crippen LogP contribution >= 0.6 is 0 Å². The highest BCUT2D eigenvalue weighted by Gasteiger charge is 2.38. The lowest BCUT2D eigenvalue weighted by Crippen LogP contribution is -2.48. The van der Waals surface area contributed by atoms with E-state index < -0.39 is 11.4 Å². The Balaban J connectivity index is 1.25. The van der Waals surface area contributed by atoms with Crippen LogP contribution in [0.5, 0.6) is 0 Å². The van der Waals surface area contributed by atoms with Gasteiger partial charge < -0.3 is 21.1 Å².